The van der Waals surface area contributed by atoms with Crippen LogP contribution in [0.25, 0.3) is 0 Å². The van der Waals surface area contributed by atoms with E-state index in [0.717, 1.165) is 0 Å². The minimum atomic E-state index is -1.14. The molecule has 1 aliphatic rings. The van der Waals surface area contributed by atoms with Gasteiger partial charge >= 0.3 is 5.97 Å². The zero-order valence-corrected chi connectivity index (χ0v) is 20.0. The fourth-order valence-corrected chi connectivity index (χ4v) is 3.87. The standard InChI is InChI=1S/C22H39N5O6/c1-5-13(4)18(26-19(29)14(23)11-12(2)3)20(30)25-15(8-9-17(24)28)21(31)27-10-6-7-16(27)22(32)33/h12-16,18H,5-11,23H2,1-4H3,(H2,24,28)(H,25,30)(H,26,29)(H,32,33). The number of carboxylic acid groups (broad SMARTS) is 1. The van der Waals surface area contributed by atoms with Crippen molar-refractivity contribution in [1.82, 2.24) is 15.5 Å². The molecule has 5 unspecified atom stereocenters. The molecular formula is C22H39N5O6. The highest BCUT2D eigenvalue weighted by molar-refractivity contribution is 5.94. The van der Waals surface area contributed by atoms with Crippen molar-refractivity contribution in [3.63, 3.8) is 0 Å². The second-order valence-corrected chi connectivity index (χ2v) is 9.20. The molecule has 0 aliphatic carbocycles. The fourth-order valence-electron chi connectivity index (χ4n) is 3.87. The van der Waals surface area contributed by atoms with Crippen molar-refractivity contribution in [2.45, 2.75) is 90.4 Å². The van der Waals surface area contributed by atoms with Crippen LogP contribution in [-0.4, -0.2) is 70.3 Å². The maximum atomic E-state index is 13.1. The van der Waals surface area contributed by atoms with Crippen LogP contribution in [0.4, 0.5) is 0 Å². The van der Waals surface area contributed by atoms with Crippen LogP contribution in [-0.2, 0) is 24.0 Å². The maximum absolute atomic E-state index is 13.1. The van der Waals surface area contributed by atoms with Crippen LogP contribution in [0.3, 0.4) is 0 Å². The molecule has 0 saturated carbocycles. The van der Waals surface area contributed by atoms with Crippen LogP contribution in [0, 0.1) is 11.8 Å². The lowest BCUT2D eigenvalue weighted by Crippen LogP contribution is -2.58. The topological polar surface area (TPSA) is 185 Å². The Hall–Kier alpha value is -2.69. The van der Waals surface area contributed by atoms with Gasteiger partial charge in [0.25, 0.3) is 0 Å². The molecule has 4 amide bonds. The van der Waals surface area contributed by atoms with Gasteiger partial charge in [0.2, 0.25) is 23.6 Å². The summed E-state index contributed by atoms with van der Waals surface area (Å²) in [5.41, 5.74) is 11.2. The van der Waals surface area contributed by atoms with E-state index in [-0.39, 0.29) is 31.2 Å². The second kappa shape index (κ2) is 13.1. The van der Waals surface area contributed by atoms with Crippen LogP contribution >= 0.6 is 0 Å². The molecule has 0 bridgehead atoms. The Morgan fingerprint density at radius 3 is 2.24 bits per heavy atom. The number of hydrogen-bond donors (Lipinski definition) is 5. The largest absolute Gasteiger partial charge is 0.480 e. The van der Waals surface area contributed by atoms with Crippen molar-refractivity contribution in [1.29, 1.82) is 0 Å². The van der Waals surface area contributed by atoms with Crippen LogP contribution in [0.1, 0.15) is 66.2 Å². The second-order valence-electron chi connectivity index (χ2n) is 9.20. The molecule has 33 heavy (non-hydrogen) atoms. The number of amides is 4. The lowest BCUT2D eigenvalue weighted by Gasteiger charge is -2.30. The molecule has 1 saturated heterocycles. The Morgan fingerprint density at radius 1 is 1.09 bits per heavy atom. The number of likely N-dealkylation sites (tertiary alicyclic amines) is 1. The van der Waals surface area contributed by atoms with Gasteiger partial charge in [0.05, 0.1) is 6.04 Å². The fraction of sp³-hybridized carbons (Fsp3) is 0.773. The smallest absolute Gasteiger partial charge is 0.326 e. The Labute approximate surface area is 195 Å². The van der Waals surface area contributed by atoms with Crippen LogP contribution in [0.2, 0.25) is 0 Å². The van der Waals surface area contributed by atoms with E-state index in [2.05, 4.69) is 10.6 Å². The first-order chi connectivity index (χ1) is 15.4. The van der Waals surface area contributed by atoms with E-state index in [9.17, 15) is 29.1 Å². The molecule has 0 radical (unpaired) electrons. The van der Waals surface area contributed by atoms with Crippen LogP contribution in [0.15, 0.2) is 0 Å². The predicted octanol–water partition coefficient (Wildman–Crippen LogP) is -0.283. The van der Waals surface area contributed by atoms with Gasteiger partial charge in [-0.3, -0.25) is 19.2 Å². The lowest BCUT2D eigenvalue weighted by atomic mass is 9.96. The number of nitrogens with zero attached hydrogens (tertiary/aromatic N) is 1. The molecule has 1 rings (SSSR count). The average Bonchev–Trinajstić information content (AvgIpc) is 3.23. The highest BCUT2D eigenvalue weighted by atomic mass is 16.4. The molecule has 0 aromatic rings. The molecule has 0 aromatic carbocycles. The van der Waals surface area contributed by atoms with Gasteiger partial charge in [-0.25, -0.2) is 4.79 Å². The predicted molar refractivity (Wildman–Crippen MR) is 122 cm³/mol. The molecule has 188 valence electrons. The van der Waals surface area contributed by atoms with Gasteiger partial charge in [-0.15, -0.1) is 0 Å². The molecule has 0 spiro atoms. The first-order valence-electron chi connectivity index (χ1n) is 11.6. The van der Waals surface area contributed by atoms with Crippen molar-refractivity contribution in [3.05, 3.63) is 0 Å². The maximum Gasteiger partial charge on any atom is 0.326 e. The molecule has 1 aliphatic heterocycles. The molecule has 1 heterocycles. The van der Waals surface area contributed by atoms with Gasteiger partial charge in [-0.2, -0.15) is 0 Å². The number of rotatable bonds is 13. The van der Waals surface area contributed by atoms with Crippen molar-refractivity contribution < 1.29 is 29.1 Å². The third-order valence-corrected chi connectivity index (χ3v) is 5.97. The summed E-state index contributed by atoms with van der Waals surface area (Å²) in [7, 11) is 0. The summed E-state index contributed by atoms with van der Waals surface area (Å²) < 4.78 is 0. The summed E-state index contributed by atoms with van der Waals surface area (Å²) in [6, 6.07) is -3.85. The van der Waals surface area contributed by atoms with E-state index < -0.39 is 53.8 Å². The Kier molecular flexibility index (Phi) is 11.3. The SMILES string of the molecule is CCC(C)C(NC(=O)C(N)CC(C)C)C(=O)NC(CCC(N)=O)C(=O)N1CCCC1C(=O)O. The van der Waals surface area contributed by atoms with Gasteiger partial charge in [0, 0.05) is 13.0 Å². The lowest BCUT2D eigenvalue weighted by molar-refractivity contribution is -0.149. The molecular weight excluding hydrogens is 430 g/mol. The monoisotopic (exact) mass is 469 g/mol. The van der Waals surface area contributed by atoms with Crippen LogP contribution in [0.5, 0.6) is 0 Å². The zero-order valence-electron chi connectivity index (χ0n) is 20.0. The molecule has 11 nitrogen and oxygen atoms in total. The first-order valence-corrected chi connectivity index (χ1v) is 11.6. The molecule has 0 aromatic heterocycles. The summed E-state index contributed by atoms with van der Waals surface area (Å²) >= 11 is 0. The van der Waals surface area contributed by atoms with E-state index in [4.69, 9.17) is 11.5 Å². The Bertz CT molecular complexity index is 728. The first kappa shape index (κ1) is 28.3. The van der Waals surface area contributed by atoms with E-state index in [1.165, 1.54) is 4.90 Å². The summed E-state index contributed by atoms with van der Waals surface area (Å²) in [5.74, 6) is -3.47. The quantitative estimate of drug-likeness (QED) is 0.245. The normalized spacial score (nSPS) is 19.5. The van der Waals surface area contributed by atoms with E-state index in [1.54, 1.807) is 6.92 Å². The zero-order chi connectivity index (χ0) is 25.3. The van der Waals surface area contributed by atoms with Gasteiger partial charge in [-0.05, 0) is 37.5 Å². The summed E-state index contributed by atoms with van der Waals surface area (Å²) in [4.78, 5) is 62.9. The van der Waals surface area contributed by atoms with Gasteiger partial charge < -0.3 is 32.1 Å². The molecule has 1 fully saturated rings. The van der Waals surface area contributed by atoms with Gasteiger partial charge in [0.15, 0.2) is 0 Å². The van der Waals surface area contributed by atoms with E-state index in [0.29, 0.717) is 25.7 Å². The highest BCUT2D eigenvalue weighted by Gasteiger charge is 2.39. The summed E-state index contributed by atoms with van der Waals surface area (Å²) in [5, 5.41) is 14.7. The number of carbonyl (C=O) groups excluding carboxylic acids is 4. The molecule has 11 heteroatoms. The number of primary amides is 1. The third kappa shape index (κ3) is 8.64. The van der Waals surface area contributed by atoms with Crippen molar-refractivity contribution in [2.24, 2.45) is 23.3 Å². The van der Waals surface area contributed by atoms with Gasteiger partial charge in [-0.1, -0.05) is 34.1 Å². The van der Waals surface area contributed by atoms with Crippen LogP contribution < -0.4 is 22.1 Å². The molecule has 7 N–H and O–H groups in total. The van der Waals surface area contributed by atoms with E-state index >= 15 is 0 Å². The summed E-state index contributed by atoms with van der Waals surface area (Å²) in [6.07, 6.45) is 1.63. The number of carbonyl (C=O) groups is 5. The number of carboxylic acids is 1. The third-order valence-electron chi connectivity index (χ3n) is 5.97. The van der Waals surface area contributed by atoms with Crippen molar-refractivity contribution in [2.75, 3.05) is 6.54 Å². The van der Waals surface area contributed by atoms with E-state index in [1.807, 2.05) is 20.8 Å². The number of hydrogen-bond acceptors (Lipinski definition) is 6. The Balaban J connectivity index is 3.04. The minimum absolute atomic E-state index is 0.0726. The van der Waals surface area contributed by atoms with Crippen molar-refractivity contribution >= 4 is 29.6 Å². The molecule has 5 atom stereocenters. The number of nitrogens with two attached hydrogens (primary N) is 2. The van der Waals surface area contributed by atoms with Gasteiger partial charge in [0.1, 0.15) is 18.1 Å². The number of aliphatic carboxylic acids is 1. The summed E-state index contributed by atoms with van der Waals surface area (Å²) in [6.45, 7) is 7.77. The average molecular weight is 470 g/mol. The number of nitrogens with one attached hydrogen (secondary N) is 2. The highest BCUT2D eigenvalue weighted by Crippen LogP contribution is 2.20. The minimum Gasteiger partial charge on any atom is -0.480 e. The Morgan fingerprint density at radius 2 is 1.73 bits per heavy atom. The van der Waals surface area contributed by atoms with Crippen molar-refractivity contribution in [3.8, 4) is 0 Å².